The molecule has 0 unspecified atom stereocenters. The Hall–Kier alpha value is -1.88. The van der Waals surface area contributed by atoms with Crippen molar-refractivity contribution in [2.24, 2.45) is 0 Å². The number of aromatic nitrogens is 3. The van der Waals surface area contributed by atoms with Gasteiger partial charge in [-0.05, 0) is 29.8 Å². The van der Waals surface area contributed by atoms with Gasteiger partial charge in [-0.1, -0.05) is 28.1 Å². The maximum Gasteiger partial charge on any atom is 0.156 e. The molecule has 0 aliphatic heterocycles. The van der Waals surface area contributed by atoms with Crippen molar-refractivity contribution in [3.63, 3.8) is 0 Å². The topological polar surface area (TPSA) is 50.4 Å². The molecule has 0 aliphatic rings. The molecule has 5 heteroatoms. The number of rotatable bonds is 2. The summed E-state index contributed by atoms with van der Waals surface area (Å²) in [6, 6.07) is 11.0. The molecule has 2 aromatic heterocycles. The van der Waals surface area contributed by atoms with E-state index in [-0.39, 0.29) is 5.75 Å². The van der Waals surface area contributed by atoms with Gasteiger partial charge in [-0.25, -0.2) is 9.50 Å². The van der Waals surface area contributed by atoms with Crippen molar-refractivity contribution in [1.29, 1.82) is 0 Å². The van der Waals surface area contributed by atoms with Crippen LogP contribution < -0.4 is 0 Å². The first-order chi connectivity index (χ1) is 8.70. The van der Waals surface area contributed by atoms with Crippen LogP contribution in [0.25, 0.3) is 5.65 Å². The fourth-order valence-corrected chi connectivity index (χ4v) is 2.15. The fourth-order valence-electron chi connectivity index (χ4n) is 1.83. The molecule has 0 bridgehead atoms. The quantitative estimate of drug-likeness (QED) is 0.792. The normalized spacial score (nSPS) is 10.9. The van der Waals surface area contributed by atoms with Gasteiger partial charge in [-0.2, -0.15) is 5.10 Å². The second kappa shape index (κ2) is 4.42. The summed E-state index contributed by atoms with van der Waals surface area (Å²) >= 11 is 3.40. The first-order valence-corrected chi connectivity index (χ1v) is 6.29. The lowest BCUT2D eigenvalue weighted by Crippen LogP contribution is -1.91. The van der Waals surface area contributed by atoms with Crippen molar-refractivity contribution in [3.8, 4) is 5.75 Å². The Morgan fingerprint density at radius 2 is 2.11 bits per heavy atom. The number of nitrogens with zero attached hydrogens (tertiary/aromatic N) is 3. The summed E-state index contributed by atoms with van der Waals surface area (Å²) in [5.41, 5.74) is 1.80. The van der Waals surface area contributed by atoms with E-state index in [9.17, 15) is 5.11 Å². The van der Waals surface area contributed by atoms with Gasteiger partial charge in [0.25, 0.3) is 0 Å². The van der Waals surface area contributed by atoms with Crippen LogP contribution in [0.3, 0.4) is 0 Å². The average molecular weight is 304 g/mol. The first kappa shape index (κ1) is 11.2. The minimum absolute atomic E-state index is 0.263. The van der Waals surface area contributed by atoms with Crippen molar-refractivity contribution in [1.82, 2.24) is 14.6 Å². The number of hydrogen-bond donors (Lipinski definition) is 1. The zero-order valence-electron chi connectivity index (χ0n) is 9.42. The number of phenolic OH excluding ortho intramolecular Hbond substituents is 1. The minimum atomic E-state index is 0.263. The number of halogens is 1. The molecule has 0 aliphatic carbocycles. The highest BCUT2D eigenvalue weighted by Crippen LogP contribution is 2.15. The Kier molecular flexibility index (Phi) is 2.76. The van der Waals surface area contributed by atoms with E-state index >= 15 is 0 Å². The molecular weight excluding hydrogens is 294 g/mol. The summed E-state index contributed by atoms with van der Waals surface area (Å²) in [6.45, 7) is 0. The monoisotopic (exact) mass is 303 g/mol. The van der Waals surface area contributed by atoms with E-state index < -0.39 is 0 Å². The smallest absolute Gasteiger partial charge is 0.156 e. The zero-order chi connectivity index (χ0) is 12.5. The highest BCUT2D eigenvalue weighted by atomic mass is 79.9. The van der Waals surface area contributed by atoms with Gasteiger partial charge >= 0.3 is 0 Å². The van der Waals surface area contributed by atoms with Crippen LogP contribution in [-0.4, -0.2) is 19.7 Å². The second-order valence-corrected chi connectivity index (χ2v) is 4.94. The van der Waals surface area contributed by atoms with Gasteiger partial charge in [-0.3, -0.25) is 0 Å². The van der Waals surface area contributed by atoms with Crippen LogP contribution in [-0.2, 0) is 6.42 Å². The first-order valence-electron chi connectivity index (χ1n) is 5.49. The zero-order valence-corrected chi connectivity index (χ0v) is 11.0. The Labute approximate surface area is 112 Å². The summed E-state index contributed by atoms with van der Waals surface area (Å²) in [5, 5.41) is 13.8. The van der Waals surface area contributed by atoms with E-state index in [1.807, 2.05) is 30.5 Å². The van der Waals surface area contributed by atoms with Crippen LogP contribution in [0, 0.1) is 0 Å². The van der Waals surface area contributed by atoms with Crippen molar-refractivity contribution >= 4 is 21.6 Å². The molecule has 0 spiro atoms. The number of phenols is 1. The molecule has 0 amide bonds. The van der Waals surface area contributed by atoms with Crippen LogP contribution in [0.4, 0.5) is 0 Å². The highest BCUT2D eigenvalue weighted by molar-refractivity contribution is 9.10. The molecule has 0 radical (unpaired) electrons. The molecule has 2 heterocycles. The standard InChI is InChI=1S/C13H10BrN3O/c14-10-4-5-17-13(8-10)15-12(16-17)7-9-2-1-3-11(18)6-9/h1-6,8,18H,7H2. The van der Waals surface area contributed by atoms with E-state index in [1.54, 1.807) is 16.6 Å². The number of hydrogen-bond acceptors (Lipinski definition) is 3. The number of benzene rings is 1. The summed E-state index contributed by atoms with van der Waals surface area (Å²) in [5.74, 6) is 0.998. The van der Waals surface area contributed by atoms with E-state index in [0.717, 1.165) is 21.5 Å². The Balaban J connectivity index is 1.95. The molecule has 0 fully saturated rings. The predicted molar refractivity (Wildman–Crippen MR) is 71.6 cm³/mol. The lowest BCUT2D eigenvalue weighted by molar-refractivity contribution is 0.474. The third kappa shape index (κ3) is 2.22. The van der Waals surface area contributed by atoms with Crippen LogP contribution >= 0.6 is 15.9 Å². The molecule has 3 rings (SSSR count). The minimum Gasteiger partial charge on any atom is -0.508 e. The number of aromatic hydroxyl groups is 1. The van der Waals surface area contributed by atoms with Crippen molar-refractivity contribution < 1.29 is 5.11 Å². The highest BCUT2D eigenvalue weighted by Gasteiger charge is 2.05. The van der Waals surface area contributed by atoms with Crippen molar-refractivity contribution in [3.05, 3.63) is 58.5 Å². The molecule has 90 valence electrons. The van der Waals surface area contributed by atoms with Gasteiger partial charge in [0.05, 0.1) is 0 Å². The van der Waals surface area contributed by atoms with Crippen molar-refractivity contribution in [2.75, 3.05) is 0 Å². The summed E-state index contributed by atoms with van der Waals surface area (Å²) in [6.07, 6.45) is 2.46. The van der Waals surface area contributed by atoms with Crippen LogP contribution in [0.1, 0.15) is 11.4 Å². The van der Waals surface area contributed by atoms with Crippen LogP contribution in [0.5, 0.6) is 5.75 Å². The van der Waals surface area contributed by atoms with Crippen LogP contribution in [0.2, 0.25) is 0 Å². The van der Waals surface area contributed by atoms with Crippen molar-refractivity contribution in [2.45, 2.75) is 6.42 Å². The lowest BCUT2D eigenvalue weighted by atomic mass is 10.1. The molecule has 4 nitrogen and oxygen atoms in total. The van der Waals surface area contributed by atoms with E-state index in [1.165, 1.54) is 0 Å². The summed E-state index contributed by atoms with van der Waals surface area (Å²) in [7, 11) is 0. The second-order valence-electron chi connectivity index (χ2n) is 4.02. The maximum absolute atomic E-state index is 9.42. The Morgan fingerprint density at radius 1 is 1.22 bits per heavy atom. The Morgan fingerprint density at radius 3 is 2.94 bits per heavy atom. The van der Waals surface area contributed by atoms with Gasteiger partial charge < -0.3 is 5.11 Å². The van der Waals surface area contributed by atoms with E-state index in [0.29, 0.717) is 6.42 Å². The molecule has 3 aromatic rings. The molecule has 18 heavy (non-hydrogen) atoms. The molecule has 0 atom stereocenters. The van der Waals surface area contributed by atoms with Gasteiger partial charge in [-0.15, -0.1) is 0 Å². The third-order valence-electron chi connectivity index (χ3n) is 2.62. The fraction of sp³-hybridized carbons (Fsp3) is 0.0769. The molecule has 1 aromatic carbocycles. The Bertz CT molecular complexity index is 708. The SMILES string of the molecule is Oc1cccc(Cc2nc3cc(Br)ccn3n2)c1. The lowest BCUT2D eigenvalue weighted by Gasteiger charge is -1.97. The number of fused-ring (bicyclic) bond motifs is 1. The predicted octanol–water partition coefficient (Wildman–Crippen LogP) is 2.79. The third-order valence-corrected chi connectivity index (χ3v) is 3.11. The molecule has 0 saturated carbocycles. The van der Waals surface area contributed by atoms with Crippen LogP contribution in [0.15, 0.2) is 47.1 Å². The number of pyridine rings is 1. The van der Waals surface area contributed by atoms with Gasteiger partial charge in [0, 0.05) is 17.1 Å². The summed E-state index contributed by atoms with van der Waals surface area (Å²) in [4.78, 5) is 4.44. The van der Waals surface area contributed by atoms with Gasteiger partial charge in [0.1, 0.15) is 5.75 Å². The van der Waals surface area contributed by atoms with Gasteiger partial charge in [0.15, 0.2) is 11.5 Å². The molecular formula is C13H10BrN3O. The average Bonchev–Trinajstić information content (AvgIpc) is 2.70. The largest absolute Gasteiger partial charge is 0.508 e. The van der Waals surface area contributed by atoms with Gasteiger partial charge in [0.2, 0.25) is 0 Å². The molecule has 1 N–H and O–H groups in total. The maximum atomic E-state index is 9.42. The molecule has 0 saturated heterocycles. The summed E-state index contributed by atoms with van der Waals surface area (Å²) < 4.78 is 2.72. The van der Waals surface area contributed by atoms with E-state index in [4.69, 9.17) is 0 Å². The van der Waals surface area contributed by atoms with E-state index in [2.05, 4.69) is 26.0 Å².